The number of rotatable bonds is 9. The van der Waals surface area contributed by atoms with Crippen LogP contribution in [-0.4, -0.2) is 35.4 Å². The highest BCUT2D eigenvalue weighted by Crippen LogP contribution is 2.48. The number of para-hydroxylation sites is 2. The van der Waals surface area contributed by atoms with Crippen LogP contribution in [0.4, 0.5) is 11.4 Å². The molecule has 1 aliphatic carbocycles. The van der Waals surface area contributed by atoms with Crippen molar-refractivity contribution >= 4 is 29.0 Å². The van der Waals surface area contributed by atoms with Gasteiger partial charge in [0, 0.05) is 23.7 Å². The molecule has 0 radical (unpaired) electrons. The van der Waals surface area contributed by atoms with E-state index in [0.29, 0.717) is 35.0 Å². The number of hydrogen-bond donors (Lipinski definition) is 3. The van der Waals surface area contributed by atoms with Crippen molar-refractivity contribution < 1.29 is 29.0 Å². The van der Waals surface area contributed by atoms with Gasteiger partial charge in [0.15, 0.2) is 11.5 Å². The van der Waals surface area contributed by atoms with Crippen LogP contribution in [0.2, 0.25) is 0 Å². The van der Waals surface area contributed by atoms with Gasteiger partial charge in [-0.1, -0.05) is 72.8 Å². The van der Waals surface area contributed by atoms with Gasteiger partial charge in [-0.2, -0.15) is 0 Å². The first-order chi connectivity index (χ1) is 21.6. The molecular formula is C37H38N2O6. The number of benzene rings is 4. The van der Waals surface area contributed by atoms with Gasteiger partial charge in [0.1, 0.15) is 18.3 Å². The second-order valence-corrected chi connectivity index (χ2v) is 11.8. The number of anilines is 2. The van der Waals surface area contributed by atoms with E-state index in [1.54, 1.807) is 42.5 Å². The van der Waals surface area contributed by atoms with Crippen LogP contribution in [0.15, 0.2) is 97.1 Å². The Morgan fingerprint density at radius 2 is 1.40 bits per heavy atom. The standard InChI is InChI=1S/C37H38N2O6/c1-23-12-8-10-16-27(23)38-35(41)33-29(40)21-37(3,43)34(36(42)39-28-17-11-9-13-24(28)2)32(33)26-18-19-30(31(20-26)44-4)45-22-25-14-6-5-7-15-25/h5-20,32-34,43H,21-22H2,1-4H3,(H,38,41)(H,39,42). The summed E-state index contributed by atoms with van der Waals surface area (Å²) in [6, 6.07) is 29.4. The Morgan fingerprint density at radius 3 is 2.00 bits per heavy atom. The maximum Gasteiger partial charge on any atom is 0.235 e. The highest BCUT2D eigenvalue weighted by Gasteiger charge is 2.56. The van der Waals surface area contributed by atoms with E-state index in [0.717, 1.165) is 16.7 Å². The lowest BCUT2D eigenvalue weighted by atomic mass is 9.61. The van der Waals surface area contributed by atoms with Crippen molar-refractivity contribution in [3.8, 4) is 11.5 Å². The number of nitrogens with one attached hydrogen (secondary N) is 2. The van der Waals surface area contributed by atoms with Crippen molar-refractivity contribution in [2.75, 3.05) is 17.7 Å². The van der Waals surface area contributed by atoms with E-state index >= 15 is 0 Å². The van der Waals surface area contributed by atoms with Gasteiger partial charge >= 0.3 is 0 Å². The predicted octanol–water partition coefficient (Wildman–Crippen LogP) is 6.21. The van der Waals surface area contributed by atoms with Crippen LogP contribution in [-0.2, 0) is 21.0 Å². The number of hydrogen-bond acceptors (Lipinski definition) is 6. The molecule has 4 aromatic carbocycles. The minimum absolute atomic E-state index is 0.302. The van der Waals surface area contributed by atoms with Gasteiger partial charge in [-0.05, 0) is 67.3 Å². The summed E-state index contributed by atoms with van der Waals surface area (Å²) in [5, 5.41) is 17.6. The molecule has 232 valence electrons. The minimum atomic E-state index is -1.75. The molecule has 0 heterocycles. The number of ketones is 1. The number of carbonyl (C=O) groups is 3. The van der Waals surface area contributed by atoms with Crippen LogP contribution in [0.3, 0.4) is 0 Å². The molecule has 0 saturated heterocycles. The molecule has 8 nitrogen and oxygen atoms in total. The zero-order valence-corrected chi connectivity index (χ0v) is 25.9. The van der Waals surface area contributed by atoms with Crippen LogP contribution in [0.5, 0.6) is 11.5 Å². The number of aryl methyl sites for hydroxylation is 2. The molecule has 3 N–H and O–H groups in total. The first-order valence-corrected chi connectivity index (χ1v) is 14.9. The maximum atomic E-state index is 14.1. The van der Waals surface area contributed by atoms with Gasteiger partial charge in [-0.3, -0.25) is 14.4 Å². The normalized spacial score (nSPS) is 21.1. The van der Waals surface area contributed by atoms with Gasteiger partial charge in [0.05, 0.1) is 18.6 Å². The zero-order valence-electron chi connectivity index (χ0n) is 25.9. The molecule has 5 rings (SSSR count). The number of amides is 2. The van der Waals surface area contributed by atoms with Crippen molar-refractivity contribution in [1.82, 2.24) is 0 Å². The minimum Gasteiger partial charge on any atom is -0.493 e. The van der Waals surface area contributed by atoms with Crippen molar-refractivity contribution in [2.45, 2.75) is 45.3 Å². The van der Waals surface area contributed by atoms with E-state index in [1.807, 2.05) is 68.4 Å². The predicted molar refractivity (Wildman–Crippen MR) is 173 cm³/mol. The molecule has 4 atom stereocenters. The van der Waals surface area contributed by atoms with Gasteiger partial charge in [-0.15, -0.1) is 0 Å². The van der Waals surface area contributed by atoms with Gasteiger partial charge in [-0.25, -0.2) is 0 Å². The Bertz CT molecular complexity index is 1700. The van der Waals surface area contributed by atoms with Gasteiger partial charge in [0.2, 0.25) is 11.8 Å². The van der Waals surface area contributed by atoms with Crippen molar-refractivity contribution in [1.29, 1.82) is 0 Å². The number of aliphatic hydroxyl groups is 1. The third-order valence-electron chi connectivity index (χ3n) is 8.45. The van der Waals surface area contributed by atoms with Crippen molar-refractivity contribution in [3.63, 3.8) is 0 Å². The van der Waals surface area contributed by atoms with Crippen molar-refractivity contribution in [2.24, 2.45) is 11.8 Å². The Labute approximate surface area is 263 Å². The summed E-state index contributed by atoms with van der Waals surface area (Å²) < 4.78 is 11.7. The summed E-state index contributed by atoms with van der Waals surface area (Å²) in [5.41, 5.74) is 2.52. The summed E-state index contributed by atoms with van der Waals surface area (Å²) in [6.45, 7) is 5.51. The molecule has 1 saturated carbocycles. The lowest BCUT2D eigenvalue weighted by Gasteiger charge is -2.44. The molecular weight excluding hydrogens is 568 g/mol. The second-order valence-electron chi connectivity index (χ2n) is 11.8. The van der Waals surface area contributed by atoms with Crippen molar-refractivity contribution in [3.05, 3.63) is 119 Å². The zero-order chi connectivity index (χ0) is 32.1. The smallest absolute Gasteiger partial charge is 0.235 e. The molecule has 8 heteroatoms. The van der Waals surface area contributed by atoms with E-state index < -0.39 is 41.0 Å². The lowest BCUT2D eigenvalue weighted by molar-refractivity contribution is -0.150. The monoisotopic (exact) mass is 606 g/mol. The van der Waals surface area contributed by atoms with Crippen LogP contribution in [0.25, 0.3) is 0 Å². The summed E-state index contributed by atoms with van der Waals surface area (Å²) in [4.78, 5) is 41.9. The number of ether oxygens (including phenoxy) is 2. The Balaban J connectivity index is 1.57. The molecule has 0 aliphatic heterocycles. The molecule has 45 heavy (non-hydrogen) atoms. The quantitative estimate of drug-likeness (QED) is 0.195. The Hall–Kier alpha value is -4.95. The van der Waals surface area contributed by atoms with E-state index in [4.69, 9.17) is 9.47 Å². The van der Waals surface area contributed by atoms with Crippen LogP contribution in [0, 0.1) is 25.7 Å². The number of carbonyl (C=O) groups excluding carboxylic acids is 3. The number of Topliss-reactive ketones (excluding diaryl/α,β-unsaturated/α-hetero) is 1. The second kappa shape index (κ2) is 13.4. The summed E-state index contributed by atoms with van der Waals surface area (Å²) in [7, 11) is 1.50. The maximum absolute atomic E-state index is 14.1. The fraction of sp³-hybridized carbons (Fsp3) is 0.270. The lowest BCUT2D eigenvalue weighted by Crippen LogP contribution is -2.56. The van der Waals surface area contributed by atoms with Gasteiger partial charge < -0.3 is 25.2 Å². The third kappa shape index (κ3) is 6.91. The van der Waals surface area contributed by atoms with Crippen LogP contribution in [0.1, 0.15) is 41.5 Å². The average molecular weight is 607 g/mol. The molecule has 2 amide bonds. The Kier molecular flexibility index (Phi) is 9.34. The van der Waals surface area contributed by atoms with E-state index in [-0.39, 0.29) is 6.42 Å². The van der Waals surface area contributed by atoms with Gasteiger partial charge in [0.25, 0.3) is 0 Å². The summed E-state index contributed by atoms with van der Waals surface area (Å²) in [6.07, 6.45) is -0.364. The molecule has 0 bridgehead atoms. The SMILES string of the molecule is COc1cc(C2C(C(=O)Nc3ccccc3C)C(=O)CC(C)(O)C2C(=O)Nc2ccccc2C)ccc1OCc1ccccc1. The van der Waals surface area contributed by atoms with Crippen LogP contribution < -0.4 is 20.1 Å². The van der Waals surface area contributed by atoms with E-state index in [2.05, 4.69) is 10.6 Å². The molecule has 0 aromatic heterocycles. The Morgan fingerprint density at radius 1 is 0.822 bits per heavy atom. The first-order valence-electron chi connectivity index (χ1n) is 14.9. The third-order valence-corrected chi connectivity index (χ3v) is 8.45. The fourth-order valence-corrected chi connectivity index (χ4v) is 6.09. The number of methoxy groups -OCH3 is 1. The largest absolute Gasteiger partial charge is 0.493 e. The molecule has 0 spiro atoms. The highest BCUT2D eigenvalue weighted by molar-refractivity contribution is 6.10. The molecule has 4 aromatic rings. The highest BCUT2D eigenvalue weighted by atomic mass is 16.5. The molecule has 1 aliphatic rings. The van der Waals surface area contributed by atoms with E-state index in [1.165, 1.54) is 14.0 Å². The van der Waals surface area contributed by atoms with E-state index in [9.17, 15) is 19.5 Å². The topological polar surface area (TPSA) is 114 Å². The first kappa shape index (κ1) is 31.5. The molecule has 1 fully saturated rings. The average Bonchev–Trinajstić information content (AvgIpc) is 3.01. The molecule has 4 unspecified atom stereocenters. The fourth-order valence-electron chi connectivity index (χ4n) is 6.09. The summed E-state index contributed by atoms with van der Waals surface area (Å²) in [5.74, 6) is -4.12. The summed E-state index contributed by atoms with van der Waals surface area (Å²) >= 11 is 0. The van der Waals surface area contributed by atoms with Crippen LogP contribution >= 0.6 is 0 Å².